The average Bonchev–Trinajstić information content (AvgIpc) is 2.64. The molecule has 0 saturated carbocycles. The fourth-order valence-corrected chi connectivity index (χ4v) is 2.13. The number of pyridine rings is 1. The van der Waals surface area contributed by atoms with Crippen LogP contribution in [-0.2, 0) is 0 Å². The van der Waals surface area contributed by atoms with Crippen molar-refractivity contribution in [2.75, 3.05) is 18.2 Å². The van der Waals surface area contributed by atoms with E-state index in [0.29, 0.717) is 16.9 Å². The SMILES string of the molecule is COc1cncc(C(=O)Nc2cc(-c3ccc(F)nc3)ccc2N)n1. The van der Waals surface area contributed by atoms with Gasteiger partial charge in [-0.05, 0) is 29.8 Å². The van der Waals surface area contributed by atoms with E-state index in [-0.39, 0.29) is 11.6 Å². The fourth-order valence-electron chi connectivity index (χ4n) is 2.13. The Bertz CT molecular complexity index is 915. The van der Waals surface area contributed by atoms with Crippen LogP contribution >= 0.6 is 0 Å². The predicted octanol–water partition coefficient (Wildman–Crippen LogP) is 2.52. The van der Waals surface area contributed by atoms with E-state index in [1.54, 1.807) is 24.3 Å². The first-order chi connectivity index (χ1) is 12.1. The lowest BCUT2D eigenvalue weighted by Crippen LogP contribution is -2.15. The molecule has 0 fully saturated rings. The summed E-state index contributed by atoms with van der Waals surface area (Å²) in [7, 11) is 1.43. The van der Waals surface area contributed by atoms with Crippen LogP contribution in [0.5, 0.6) is 5.88 Å². The molecule has 7 nitrogen and oxygen atoms in total. The molecule has 8 heteroatoms. The molecule has 0 radical (unpaired) electrons. The first-order valence-electron chi connectivity index (χ1n) is 7.25. The molecular weight excluding hydrogens is 325 g/mol. The van der Waals surface area contributed by atoms with Crippen molar-refractivity contribution in [1.29, 1.82) is 0 Å². The maximum atomic E-state index is 13.0. The van der Waals surface area contributed by atoms with Gasteiger partial charge in [-0.1, -0.05) is 6.07 Å². The Hall–Kier alpha value is -3.55. The molecule has 0 spiro atoms. The second-order valence-electron chi connectivity index (χ2n) is 5.07. The van der Waals surface area contributed by atoms with Gasteiger partial charge in [0.1, 0.15) is 0 Å². The third kappa shape index (κ3) is 3.69. The van der Waals surface area contributed by atoms with E-state index >= 15 is 0 Å². The van der Waals surface area contributed by atoms with Gasteiger partial charge in [0, 0.05) is 11.8 Å². The number of nitrogens with two attached hydrogens (primary N) is 1. The molecule has 2 aromatic heterocycles. The van der Waals surface area contributed by atoms with Gasteiger partial charge in [0.15, 0.2) is 5.69 Å². The zero-order valence-electron chi connectivity index (χ0n) is 13.2. The van der Waals surface area contributed by atoms with Gasteiger partial charge < -0.3 is 15.8 Å². The van der Waals surface area contributed by atoms with Crippen LogP contribution in [0.15, 0.2) is 48.9 Å². The molecule has 25 heavy (non-hydrogen) atoms. The zero-order valence-corrected chi connectivity index (χ0v) is 13.2. The van der Waals surface area contributed by atoms with Crippen LogP contribution in [0.3, 0.4) is 0 Å². The van der Waals surface area contributed by atoms with Crippen LogP contribution in [0.1, 0.15) is 10.5 Å². The van der Waals surface area contributed by atoms with E-state index in [9.17, 15) is 9.18 Å². The lowest BCUT2D eigenvalue weighted by atomic mass is 10.1. The summed E-state index contributed by atoms with van der Waals surface area (Å²) in [6.45, 7) is 0. The summed E-state index contributed by atoms with van der Waals surface area (Å²) in [6, 6.07) is 7.93. The maximum absolute atomic E-state index is 13.0. The van der Waals surface area contributed by atoms with E-state index < -0.39 is 11.9 Å². The molecule has 1 amide bonds. The lowest BCUT2D eigenvalue weighted by molar-refractivity contribution is 0.102. The summed E-state index contributed by atoms with van der Waals surface area (Å²) < 4.78 is 17.9. The van der Waals surface area contributed by atoms with E-state index in [2.05, 4.69) is 20.3 Å². The highest BCUT2D eigenvalue weighted by atomic mass is 19.1. The van der Waals surface area contributed by atoms with Crippen LogP contribution in [0, 0.1) is 5.95 Å². The molecular formula is C17H14FN5O2. The van der Waals surface area contributed by atoms with Crippen molar-refractivity contribution in [3.63, 3.8) is 0 Å². The second kappa shape index (κ2) is 6.91. The monoisotopic (exact) mass is 339 g/mol. The minimum Gasteiger partial charge on any atom is -0.480 e. The number of anilines is 2. The van der Waals surface area contributed by atoms with Crippen LogP contribution < -0.4 is 15.8 Å². The molecule has 2 heterocycles. The van der Waals surface area contributed by atoms with Crippen LogP contribution in [0.25, 0.3) is 11.1 Å². The van der Waals surface area contributed by atoms with E-state index in [0.717, 1.165) is 5.56 Å². The van der Waals surface area contributed by atoms with Gasteiger partial charge in [0.05, 0.1) is 30.9 Å². The number of halogens is 1. The third-order valence-electron chi connectivity index (χ3n) is 3.42. The summed E-state index contributed by atoms with van der Waals surface area (Å²) >= 11 is 0. The smallest absolute Gasteiger partial charge is 0.276 e. The van der Waals surface area contributed by atoms with E-state index in [4.69, 9.17) is 10.5 Å². The standard InChI is InChI=1S/C17H14FN5O2/c1-25-16-9-20-8-14(22-16)17(24)23-13-6-10(2-4-12(13)19)11-3-5-15(18)21-7-11/h2-9H,19H2,1H3,(H,23,24). The van der Waals surface area contributed by atoms with Crippen LogP contribution in [-0.4, -0.2) is 28.0 Å². The van der Waals surface area contributed by atoms with Crippen molar-refractivity contribution < 1.29 is 13.9 Å². The van der Waals surface area contributed by atoms with E-state index in [1.807, 2.05) is 0 Å². The van der Waals surface area contributed by atoms with Crippen molar-refractivity contribution in [2.45, 2.75) is 0 Å². The van der Waals surface area contributed by atoms with Gasteiger partial charge in [0.25, 0.3) is 5.91 Å². The van der Waals surface area contributed by atoms with Gasteiger partial charge >= 0.3 is 0 Å². The summed E-state index contributed by atoms with van der Waals surface area (Å²) in [4.78, 5) is 23.9. The van der Waals surface area contributed by atoms with Crippen molar-refractivity contribution in [3.05, 3.63) is 60.6 Å². The van der Waals surface area contributed by atoms with E-state index in [1.165, 1.54) is 31.8 Å². The summed E-state index contributed by atoms with van der Waals surface area (Å²) in [6.07, 6.45) is 4.12. The molecule has 0 saturated heterocycles. The van der Waals surface area contributed by atoms with Gasteiger partial charge in [0.2, 0.25) is 11.8 Å². The summed E-state index contributed by atoms with van der Waals surface area (Å²) in [5.41, 5.74) is 8.21. The molecule has 0 aliphatic carbocycles. The number of amides is 1. The number of benzene rings is 1. The first kappa shape index (κ1) is 16.3. The van der Waals surface area contributed by atoms with Crippen molar-refractivity contribution in [3.8, 4) is 17.0 Å². The van der Waals surface area contributed by atoms with Crippen LogP contribution in [0.4, 0.5) is 15.8 Å². The molecule has 3 N–H and O–H groups in total. The highest BCUT2D eigenvalue weighted by Gasteiger charge is 2.12. The first-order valence-corrected chi connectivity index (χ1v) is 7.25. The van der Waals surface area contributed by atoms with Gasteiger partial charge in [-0.3, -0.25) is 9.78 Å². The molecule has 0 aliphatic heterocycles. The topological polar surface area (TPSA) is 103 Å². The molecule has 0 unspecified atom stereocenters. The third-order valence-corrected chi connectivity index (χ3v) is 3.42. The number of nitrogens with zero attached hydrogens (tertiary/aromatic N) is 3. The molecule has 0 aliphatic rings. The predicted molar refractivity (Wildman–Crippen MR) is 90.6 cm³/mol. The Morgan fingerprint density at radius 1 is 1.16 bits per heavy atom. The summed E-state index contributed by atoms with van der Waals surface area (Å²) in [5, 5.41) is 2.68. The minimum absolute atomic E-state index is 0.0904. The maximum Gasteiger partial charge on any atom is 0.276 e. The average molecular weight is 339 g/mol. The second-order valence-corrected chi connectivity index (χ2v) is 5.07. The van der Waals surface area contributed by atoms with Gasteiger partial charge in [-0.15, -0.1) is 0 Å². The number of nitrogen functional groups attached to an aromatic ring is 1. The molecule has 3 rings (SSSR count). The highest BCUT2D eigenvalue weighted by Crippen LogP contribution is 2.27. The Balaban J connectivity index is 1.87. The molecule has 0 bridgehead atoms. The number of hydrogen-bond donors (Lipinski definition) is 2. The number of rotatable bonds is 4. The Labute approximate surface area is 142 Å². The largest absolute Gasteiger partial charge is 0.480 e. The van der Waals surface area contributed by atoms with Crippen molar-refractivity contribution in [1.82, 2.24) is 15.0 Å². The Kier molecular flexibility index (Phi) is 4.51. The number of aromatic nitrogens is 3. The Morgan fingerprint density at radius 3 is 2.68 bits per heavy atom. The summed E-state index contributed by atoms with van der Waals surface area (Å²) in [5.74, 6) is -0.816. The molecule has 0 atom stereocenters. The van der Waals surface area contributed by atoms with Gasteiger partial charge in [-0.25, -0.2) is 9.97 Å². The highest BCUT2D eigenvalue weighted by molar-refractivity contribution is 6.04. The van der Waals surface area contributed by atoms with Crippen molar-refractivity contribution >= 4 is 17.3 Å². The molecule has 126 valence electrons. The zero-order chi connectivity index (χ0) is 17.8. The fraction of sp³-hybridized carbons (Fsp3) is 0.0588. The number of ether oxygens (including phenoxy) is 1. The van der Waals surface area contributed by atoms with Crippen molar-refractivity contribution in [2.24, 2.45) is 0 Å². The molecule has 3 aromatic rings. The normalized spacial score (nSPS) is 10.3. The number of carbonyl (C=O) groups is 1. The molecule has 1 aromatic carbocycles. The quantitative estimate of drug-likeness (QED) is 0.559. The lowest BCUT2D eigenvalue weighted by Gasteiger charge is -2.10. The number of hydrogen-bond acceptors (Lipinski definition) is 6. The Morgan fingerprint density at radius 2 is 1.96 bits per heavy atom. The number of carbonyl (C=O) groups excluding carboxylic acids is 1. The number of nitrogens with one attached hydrogen (secondary N) is 1. The minimum atomic E-state index is -0.565. The van der Waals surface area contributed by atoms with Crippen LogP contribution in [0.2, 0.25) is 0 Å². The number of methoxy groups -OCH3 is 1. The van der Waals surface area contributed by atoms with Gasteiger partial charge in [-0.2, -0.15) is 4.39 Å².